The molecule has 0 saturated carbocycles. The van der Waals surface area contributed by atoms with E-state index in [1.807, 2.05) is 0 Å². The summed E-state index contributed by atoms with van der Waals surface area (Å²) in [6.07, 6.45) is 0. The lowest BCUT2D eigenvalue weighted by Crippen LogP contribution is -2.08. The van der Waals surface area contributed by atoms with Gasteiger partial charge < -0.3 is 5.73 Å². The summed E-state index contributed by atoms with van der Waals surface area (Å²) in [5, 5.41) is 0. The second-order valence-electron chi connectivity index (χ2n) is 2.60. The SMILES string of the molecule is NC1CSc2ccc(F)cc21. The third-order valence-electron chi connectivity index (χ3n) is 1.79. The van der Waals surface area contributed by atoms with Crippen molar-refractivity contribution in [3.63, 3.8) is 0 Å². The Kier molecular flexibility index (Phi) is 1.62. The lowest BCUT2D eigenvalue weighted by molar-refractivity contribution is 0.621. The van der Waals surface area contributed by atoms with Crippen LogP contribution in [0.25, 0.3) is 0 Å². The molecule has 1 unspecified atom stereocenters. The zero-order valence-electron chi connectivity index (χ0n) is 5.88. The van der Waals surface area contributed by atoms with Crippen molar-refractivity contribution in [1.82, 2.24) is 0 Å². The quantitative estimate of drug-likeness (QED) is 0.642. The Morgan fingerprint density at radius 3 is 3.18 bits per heavy atom. The van der Waals surface area contributed by atoms with E-state index in [9.17, 15) is 4.39 Å². The summed E-state index contributed by atoms with van der Waals surface area (Å²) in [4.78, 5) is 1.12. The predicted octanol–water partition coefficient (Wildman–Crippen LogP) is 1.93. The van der Waals surface area contributed by atoms with E-state index >= 15 is 0 Å². The van der Waals surface area contributed by atoms with Crippen LogP contribution < -0.4 is 5.73 Å². The molecule has 1 aromatic carbocycles. The summed E-state index contributed by atoms with van der Waals surface area (Å²) >= 11 is 1.69. The van der Waals surface area contributed by atoms with Crippen molar-refractivity contribution in [2.24, 2.45) is 5.73 Å². The number of fused-ring (bicyclic) bond motifs is 1. The van der Waals surface area contributed by atoms with Crippen molar-refractivity contribution < 1.29 is 4.39 Å². The van der Waals surface area contributed by atoms with Gasteiger partial charge in [0.1, 0.15) is 5.82 Å². The smallest absolute Gasteiger partial charge is 0.123 e. The molecule has 1 aliphatic heterocycles. The minimum absolute atomic E-state index is 0.0192. The van der Waals surface area contributed by atoms with Crippen molar-refractivity contribution >= 4 is 11.8 Å². The van der Waals surface area contributed by atoms with Crippen LogP contribution in [0.1, 0.15) is 11.6 Å². The van der Waals surface area contributed by atoms with Gasteiger partial charge in [-0.15, -0.1) is 11.8 Å². The Morgan fingerprint density at radius 2 is 2.36 bits per heavy atom. The zero-order valence-corrected chi connectivity index (χ0v) is 6.70. The first kappa shape index (κ1) is 7.13. The third kappa shape index (κ3) is 1.14. The topological polar surface area (TPSA) is 26.0 Å². The maximum absolute atomic E-state index is 12.7. The molecule has 0 aromatic heterocycles. The molecule has 0 amide bonds. The molecule has 1 atom stereocenters. The molecule has 1 nitrogen and oxygen atoms in total. The fourth-order valence-electron chi connectivity index (χ4n) is 1.21. The number of nitrogens with two attached hydrogens (primary N) is 1. The van der Waals surface area contributed by atoms with Gasteiger partial charge in [-0.3, -0.25) is 0 Å². The summed E-state index contributed by atoms with van der Waals surface area (Å²) < 4.78 is 12.7. The number of thioether (sulfide) groups is 1. The number of benzene rings is 1. The fraction of sp³-hybridized carbons (Fsp3) is 0.250. The highest BCUT2D eigenvalue weighted by atomic mass is 32.2. The van der Waals surface area contributed by atoms with Crippen molar-refractivity contribution in [2.45, 2.75) is 10.9 Å². The molecule has 0 spiro atoms. The second kappa shape index (κ2) is 2.50. The van der Waals surface area contributed by atoms with Crippen molar-refractivity contribution in [3.8, 4) is 0 Å². The Labute approximate surface area is 68.8 Å². The Balaban J connectivity index is 2.52. The maximum atomic E-state index is 12.7. The molecule has 0 radical (unpaired) electrons. The van der Waals surface area contributed by atoms with Crippen LogP contribution >= 0.6 is 11.8 Å². The monoisotopic (exact) mass is 169 g/mol. The molecule has 1 aliphatic rings. The van der Waals surface area contributed by atoms with E-state index in [-0.39, 0.29) is 11.9 Å². The Hall–Kier alpha value is -0.540. The average Bonchev–Trinajstić information content (AvgIpc) is 2.33. The zero-order chi connectivity index (χ0) is 7.84. The highest BCUT2D eigenvalue weighted by Gasteiger charge is 2.19. The number of hydrogen-bond acceptors (Lipinski definition) is 2. The van der Waals surface area contributed by atoms with Crippen LogP contribution in [0.2, 0.25) is 0 Å². The first-order valence-electron chi connectivity index (χ1n) is 3.45. The minimum atomic E-state index is -0.193. The van der Waals surface area contributed by atoms with E-state index in [0.717, 1.165) is 16.2 Å². The van der Waals surface area contributed by atoms with Crippen molar-refractivity contribution in [2.75, 3.05) is 5.75 Å². The van der Waals surface area contributed by atoms with Crippen LogP contribution in [-0.4, -0.2) is 5.75 Å². The largest absolute Gasteiger partial charge is 0.323 e. The summed E-state index contributed by atoms with van der Waals surface area (Å²) in [6, 6.07) is 4.82. The summed E-state index contributed by atoms with van der Waals surface area (Å²) in [7, 11) is 0. The number of halogens is 1. The Morgan fingerprint density at radius 1 is 1.55 bits per heavy atom. The van der Waals surface area contributed by atoms with Crippen LogP contribution in [0, 0.1) is 5.82 Å². The molecule has 0 saturated heterocycles. The van der Waals surface area contributed by atoms with Gasteiger partial charge in [0.2, 0.25) is 0 Å². The number of hydrogen-bond donors (Lipinski definition) is 1. The molecule has 2 N–H and O–H groups in total. The lowest BCUT2D eigenvalue weighted by atomic mass is 10.1. The van der Waals surface area contributed by atoms with E-state index in [1.54, 1.807) is 17.8 Å². The van der Waals surface area contributed by atoms with E-state index in [1.165, 1.54) is 12.1 Å². The van der Waals surface area contributed by atoms with E-state index < -0.39 is 0 Å². The van der Waals surface area contributed by atoms with E-state index in [0.29, 0.717) is 0 Å². The summed E-state index contributed by atoms with van der Waals surface area (Å²) in [6.45, 7) is 0. The van der Waals surface area contributed by atoms with Crippen LogP contribution in [0.5, 0.6) is 0 Å². The van der Waals surface area contributed by atoms with Crippen molar-refractivity contribution in [3.05, 3.63) is 29.6 Å². The molecule has 1 heterocycles. The lowest BCUT2D eigenvalue weighted by Gasteiger charge is -2.01. The molecule has 3 heteroatoms. The first-order valence-corrected chi connectivity index (χ1v) is 4.44. The minimum Gasteiger partial charge on any atom is -0.323 e. The molecule has 0 fully saturated rings. The third-order valence-corrected chi connectivity index (χ3v) is 3.00. The molecule has 0 aliphatic carbocycles. The van der Waals surface area contributed by atoms with Gasteiger partial charge in [0, 0.05) is 16.7 Å². The first-order chi connectivity index (χ1) is 5.27. The highest BCUT2D eigenvalue weighted by molar-refractivity contribution is 7.99. The van der Waals surface area contributed by atoms with Crippen LogP contribution in [0.15, 0.2) is 23.1 Å². The van der Waals surface area contributed by atoms with Crippen molar-refractivity contribution in [1.29, 1.82) is 0 Å². The van der Waals surface area contributed by atoms with Crippen LogP contribution in [0.3, 0.4) is 0 Å². The standard InChI is InChI=1S/C8H8FNS/c9-5-1-2-8-6(3-5)7(10)4-11-8/h1-3,7H,4,10H2. The summed E-state index contributed by atoms with van der Waals surface area (Å²) in [5.74, 6) is 0.681. The Bertz CT molecular complexity index is 287. The van der Waals surface area contributed by atoms with Gasteiger partial charge in [0.05, 0.1) is 0 Å². The highest BCUT2D eigenvalue weighted by Crippen LogP contribution is 2.36. The van der Waals surface area contributed by atoms with Gasteiger partial charge in [0.15, 0.2) is 0 Å². The second-order valence-corrected chi connectivity index (χ2v) is 3.66. The molecule has 58 valence electrons. The molecule has 0 bridgehead atoms. The summed E-state index contributed by atoms with van der Waals surface area (Å²) in [5.41, 5.74) is 6.68. The molecule has 1 aromatic rings. The van der Waals surface area contributed by atoms with E-state index in [2.05, 4.69) is 0 Å². The van der Waals surface area contributed by atoms with Gasteiger partial charge in [-0.2, -0.15) is 0 Å². The normalized spacial score (nSPS) is 21.8. The molecule has 11 heavy (non-hydrogen) atoms. The average molecular weight is 169 g/mol. The van der Waals surface area contributed by atoms with Gasteiger partial charge in [0.25, 0.3) is 0 Å². The van der Waals surface area contributed by atoms with Gasteiger partial charge in [-0.25, -0.2) is 4.39 Å². The van der Waals surface area contributed by atoms with Crippen LogP contribution in [-0.2, 0) is 0 Å². The molecule has 2 rings (SSSR count). The molecular formula is C8H8FNS. The van der Waals surface area contributed by atoms with Crippen LogP contribution in [0.4, 0.5) is 4.39 Å². The number of rotatable bonds is 0. The fourth-order valence-corrected chi connectivity index (χ4v) is 2.29. The van der Waals surface area contributed by atoms with E-state index in [4.69, 9.17) is 5.73 Å². The predicted molar refractivity (Wildman–Crippen MR) is 44.1 cm³/mol. The van der Waals surface area contributed by atoms with Gasteiger partial charge in [-0.1, -0.05) is 0 Å². The maximum Gasteiger partial charge on any atom is 0.123 e. The van der Waals surface area contributed by atoms with Gasteiger partial charge >= 0.3 is 0 Å². The molecular weight excluding hydrogens is 161 g/mol. The van der Waals surface area contributed by atoms with Gasteiger partial charge in [-0.05, 0) is 23.8 Å².